The Kier molecular flexibility index (Phi) is 2.55. The van der Waals surface area contributed by atoms with Gasteiger partial charge in [0.2, 0.25) is 0 Å². The molecule has 0 saturated heterocycles. The third-order valence-electron chi connectivity index (χ3n) is 2.12. The minimum atomic E-state index is -0.161. The summed E-state index contributed by atoms with van der Waals surface area (Å²) in [5, 5.41) is 3.42. The highest BCUT2D eigenvalue weighted by Gasteiger charge is 2.12. The van der Waals surface area contributed by atoms with Crippen LogP contribution in [0.2, 0.25) is 0 Å². The van der Waals surface area contributed by atoms with Crippen LogP contribution in [0.15, 0.2) is 18.2 Å². The van der Waals surface area contributed by atoms with Gasteiger partial charge in [-0.05, 0) is 29.7 Å². The van der Waals surface area contributed by atoms with Crippen molar-refractivity contribution >= 4 is 27.5 Å². The van der Waals surface area contributed by atoms with Crippen LogP contribution in [0.25, 0.3) is 10.1 Å². The van der Waals surface area contributed by atoms with Gasteiger partial charge in [0.25, 0.3) is 5.91 Å². The summed E-state index contributed by atoms with van der Waals surface area (Å²) >= 11 is 1.30. The highest BCUT2D eigenvalue weighted by molar-refractivity contribution is 7.13. The number of aromatic nitrogens is 1. The summed E-state index contributed by atoms with van der Waals surface area (Å²) in [5.74, 6) is 0.612. The van der Waals surface area contributed by atoms with Crippen molar-refractivity contribution in [3.05, 3.63) is 23.9 Å². The molecule has 15 heavy (non-hydrogen) atoms. The van der Waals surface area contributed by atoms with Crippen LogP contribution in [-0.4, -0.2) is 24.4 Å². The number of methoxy groups -OCH3 is 1. The zero-order valence-corrected chi connectivity index (χ0v) is 9.22. The minimum absolute atomic E-state index is 0.161. The molecule has 0 atom stereocenters. The smallest absolute Gasteiger partial charge is 0.271 e. The summed E-state index contributed by atoms with van der Waals surface area (Å²) < 4.78 is 10.2. The molecular weight excluding hydrogens is 212 g/mol. The van der Waals surface area contributed by atoms with Crippen molar-refractivity contribution in [2.45, 2.75) is 0 Å². The summed E-state index contributed by atoms with van der Waals surface area (Å²) in [6.45, 7) is 0. The zero-order valence-electron chi connectivity index (χ0n) is 8.40. The first-order valence-electron chi connectivity index (χ1n) is 4.41. The zero-order chi connectivity index (χ0) is 10.8. The van der Waals surface area contributed by atoms with E-state index in [-0.39, 0.29) is 5.91 Å². The number of amides is 1. The highest BCUT2D eigenvalue weighted by Crippen LogP contribution is 2.26. The summed E-state index contributed by atoms with van der Waals surface area (Å²) in [6, 6.07) is 5.55. The number of hydrogen-bond acceptors (Lipinski definition) is 4. The van der Waals surface area contributed by atoms with Gasteiger partial charge in [0, 0.05) is 12.4 Å². The van der Waals surface area contributed by atoms with Gasteiger partial charge in [0.1, 0.15) is 11.4 Å². The second-order valence-corrected chi connectivity index (χ2v) is 3.78. The SMILES string of the molecule is CNC(=O)c1nsc2cc(OC)ccc12. The molecular formula is C10H10N2O2S. The quantitative estimate of drug-likeness (QED) is 0.840. The van der Waals surface area contributed by atoms with E-state index in [4.69, 9.17) is 4.74 Å². The third-order valence-corrected chi connectivity index (χ3v) is 2.93. The molecule has 0 unspecified atom stereocenters. The van der Waals surface area contributed by atoms with Crippen molar-refractivity contribution in [1.82, 2.24) is 9.69 Å². The van der Waals surface area contributed by atoms with Gasteiger partial charge in [-0.15, -0.1) is 0 Å². The Hall–Kier alpha value is -1.62. The van der Waals surface area contributed by atoms with Crippen LogP contribution in [0.3, 0.4) is 0 Å². The van der Waals surface area contributed by atoms with Gasteiger partial charge in [0.15, 0.2) is 0 Å². The van der Waals surface area contributed by atoms with E-state index in [9.17, 15) is 4.79 Å². The molecule has 1 heterocycles. The molecule has 1 N–H and O–H groups in total. The third kappa shape index (κ3) is 1.66. The van der Waals surface area contributed by atoms with Crippen LogP contribution in [0.5, 0.6) is 5.75 Å². The molecule has 0 fully saturated rings. The van der Waals surface area contributed by atoms with Gasteiger partial charge >= 0.3 is 0 Å². The van der Waals surface area contributed by atoms with E-state index in [2.05, 4.69) is 9.69 Å². The predicted molar refractivity (Wildman–Crippen MR) is 59.6 cm³/mol. The predicted octanol–water partition coefficient (Wildman–Crippen LogP) is 1.66. The van der Waals surface area contributed by atoms with Crippen LogP contribution in [-0.2, 0) is 0 Å². The topological polar surface area (TPSA) is 51.2 Å². The second kappa shape index (κ2) is 3.86. The van der Waals surface area contributed by atoms with Gasteiger partial charge in [-0.25, -0.2) is 0 Å². The molecule has 1 aromatic heterocycles. The molecule has 0 bridgehead atoms. The first kappa shape index (κ1) is 9.92. The van der Waals surface area contributed by atoms with Gasteiger partial charge in [-0.3, -0.25) is 4.79 Å². The number of benzene rings is 1. The molecule has 4 nitrogen and oxygen atoms in total. The average molecular weight is 222 g/mol. The minimum Gasteiger partial charge on any atom is -0.497 e. The lowest BCUT2D eigenvalue weighted by Crippen LogP contribution is -2.18. The van der Waals surface area contributed by atoms with Crippen LogP contribution in [0.4, 0.5) is 0 Å². The van der Waals surface area contributed by atoms with Crippen molar-refractivity contribution in [1.29, 1.82) is 0 Å². The Morgan fingerprint density at radius 1 is 1.53 bits per heavy atom. The Bertz CT molecular complexity index is 507. The fraction of sp³-hybridized carbons (Fsp3) is 0.200. The molecule has 0 aliphatic rings. The first-order chi connectivity index (χ1) is 7.26. The fourth-order valence-corrected chi connectivity index (χ4v) is 2.13. The van der Waals surface area contributed by atoms with E-state index in [1.807, 2.05) is 18.2 Å². The van der Waals surface area contributed by atoms with Gasteiger partial charge < -0.3 is 10.1 Å². The van der Waals surface area contributed by atoms with Crippen molar-refractivity contribution < 1.29 is 9.53 Å². The van der Waals surface area contributed by atoms with Gasteiger partial charge in [-0.1, -0.05) is 0 Å². The molecule has 2 aromatic rings. The Labute approximate surface area is 91.0 Å². The molecule has 1 amide bonds. The number of carbonyl (C=O) groups excluding carboxylic acids is 1. The van der Waals surface area contributed by atoms with Gasteiger partial charge in [0.05, 0.1) is 11.8 Å². The number of nitrogens with one attached hydrogen (secondary N) is 1. The van der Waals surface area contributed by atoms with Crippen molar-refractivity contribution in [3.8, 4) is 5.75 Å². The van der Waals surface area contributed by atoms with E-state index >= 15 is 0 Å². The Morgan fingerprint density at radius 3 is 3.00 bits per heavy atom. The first-order valence-corrected chi connectivity index (χ1v) is 5.19. The van der Waals surface area contributed by atoms with Gasteiger partial charge in [-0.2, -0.15) is 4.37 Å². The molecule has 0 aliphatic heterocycles. The highest BCUT2D eigenvalue weighted by atomic mass is 32.1. The fourth-order valence-electron chi connectivity index (χ4n) is 1.33. The van der Waals surface area contributed by atoms with Crippen LogP contribution in [0.1, 0.15) is 10.5 Å². The second-order valence-electron chi connectivity index (χ2n) is 2.97. The molecule has 0 spiro atoms. The maximum absolute atomic E-state index is 11.4. The monoisotopic (exact) mass is 222 g/mol. The number of nitrogens with zero attached hydrogens (tertiary/aromatic N) is 1. The summed E-state index contributed by atoms with van der Waals surface area (Å²) in [6.07, 6.45) is 0. The standard InChI is InChI=1S/C10H10N2O2S/c1-11-10(13)9-7-4-3-6(14-2)5-8(7)15-12-9/h3-5H,1-2H3,(H,11,13). The summed E-state index contributed by atoms with van der Waals surface area (Å²) in [5.41, 5.74) is 0.472. The molecule has 78 valence electrons. The average Bonchev–Trinajstić information content (AvgIpc) is 2.70. The summed E-state index contributed by atoms with van der Waals surface area (Å²) in [4.78, 5) is 11.4. The molecule has 0 saturated carbocycles. The lowest BCUT2D eigenvalue weighted by Gasteiger charge is -1.99. The van der Waals surface area contributed by atoms with E-state index < -0.39 is 0 Å². The van der Waals surface area contributed by atoms with E-state index in [0.29, 0.717) is 5.69 Å². The number of carbonyl (C=O) groups is 1. The molecule has 5 heteroatoms. The normalized spacial score (nSPS) is 10.3. The van der Waals surface area contributed by atoms with Crippen LogP contribution in [0, 0.1) is 0 Å². The van der Waals surface area contributed by atoms with Crippen molar-refractivity contribution in [2.75, 3.05) is 14.2 Å². The maximum Gasteiger partial charge on any atom is 0.271 e. The number of ether oxygens (including phenoxy) is 1. The molecule has 0 radical (unpaired) electrons. The molecule has 2 rings (SSSR count). The van der Waals surface area contributed by atoms with E-state index in [1.54, 1.807) is 14.2 Å². The molecule has 1 aromatic carbocycles. The number of fused-ring (bicyclic) bond motifs is 1. The van der Waals surface area contributed by atoms with Crippen molar-refractivity contribution in [2.24, 2.45) is 0 Å². The van der Waals surface area contributed by atoms with Crippen molar-refractivity contribution in [3.63, 3.8) is 0 Å². The van der Waals surface area contributed by atoms with E-state index in [0.717, 1.165) is 15.8 Å². The largest absolute Gasteiger partial charge is 0.497 e. The summed E-state index contributed by atoms with van der Waals surface area (Å²) in [7, 11) is 3.21. The number of hydrogen-bond donors (Lipinski definition) is 1. The Morgan fingerprint density at radius 2 is 2.33 bits per heavy atom. The lowest BCUT2D eigenvalue weighted by molar-refractivity contribution is 0.0961. The van der Waals surface area contributed by atoms with E-state index in [1.165, 1.54) is 11.5 Å². The lowest BCUT2D eigenvalue weighted by atomic mass is 10.2. The maximum atomic E-state index is 11.4. The van der Waals surface area contributed by atoms with Crippen LogP contribution < -0.4 is 10.1 Å². The Balaban J connectivity index is 2.57. The molecule has 0 aliphatic carbocycles. The van der Waals surface area contributed by atoms with Crippen LogP contribution >= 0.6 is 11.5 Å². The number of rotatable bonds is 2.